The van der Waals surface area contributed by atoms with E-state index in [2.05, 4.69) is 20.9 Å². The van der Waals surface area contributed by atoms with Crippen LogP contribution in [0.3, 0.4) is 0 Å². The number of nitrogens with one attached hydrogen (secondary N) is 4. The Labute approximate surface area is 226 Å². The molecule has 4 unspecified atom stereocenters. The number of primary amides is 1. The van der Waals surface area contributed by atoms with Crippen molar-refractivity contribution in [2.24, 2.45) is 23.1 Å². The van der Waals surface area contributed by atoms with E-state index in [0.717, 1.165) is 10.9 Å². The van der Waals surface area contributed by atoms with Crippen LogP contribution < -0.4 is 33.2 Å². The second-order valence-corrected chi connectivity index (χ2v) is 9.81. The van der Waals surface area contributed by atoms with Gasteiger partial charge in [0, 0.05) is 23.5 Å². The number of aromatic amines is 1. The molecule has 0 spiro atoms. The van der Waals surface area contributed by atoms with Gasteiger partial charge in [0.15, 0.2) is 0 Å². The third-order valence-corrected chi connectivity index (χ3v) is 6.35. The number of aromatic nitrogens is 1. The fourth-order valence-electron chi connectivity index (χ4n) is 4.01. The molecule has 214 valence electrons. The summed E-state index contributed by atoms with van der Waals surface area (Å²) in [6.07, 6.45) is 2.38. The molecule has 0 aliphatic rings. The molecule has 4 atom stereocenters. The Morgan fingerprint density at radius 2 is 1.54 bits per heavy atom. The van der Waals surface area contributed by atoms with Gasteiger partial charge in [-0.2, -0.15) is 0 Å². The number of H-pyrrole nitrogens is 1. The van der Waals surface area contributed by atoms with Crippen LogP contribution in [0.15, 0.2) is 30.5 Å². The summed E-state index contributed by atoms with van der Waals surface area (Å²) in [6.45, 7) is 3.83. The average molecular weight is 546 g/mol. The van der Waals surface area contributed by atoms with Crippen LogP contribution in [0.25, 0.3) is 10.9 Å². The zero-order valence-corrected chi connectivity index (χ0v) is 22.2. The molecular weight excluding hydrogens is 506 g/mol. The lowest BCUT2D eigenvalue weighted by atomic mass is 10.0. The fraction of sp³-hybridized carbons (Fsp3) is 0.500. The third kappa shape index (κ3) is 9.37. The summed E-state index contributed by atoms with van der Waals surface area (Å²) >= 11 is 0. The van der Waals surface area contributed by atoms with Gasteiger partial charge in [-0.1, -0.05) is 32.0 Å². The zero-order chi connectivity index (χ0) is 29.1. The highest BCUT2D eigenvalue weighted by Crippen LogP contribution is 2.19. The molecule has 13 heteroatoms. The normalized spacial score (nSPS) is 14.3. The molecular formula is C26H39N7O6. The summed E-state index contributed by atoms with van der Waals surface area (Å²) in [7, 11) is 0. The van der Waals surface area contributed by atoms with Crippen LogP contribution in [0.2, 0.25) is 0 Å². The van der Waals surface area contributed by atoms with Crippen LogP contribution in [0.1, 0.15) is 45.1 Å². The van der Waals surface area contributed by atoms with Gasteiger partial charge in [-0.05, 0) is 43.4 Å². The first-order valence-electron chi connectivity index (χ1n) is 12.9. The average Bonchev–Trinajstić information content (AvgIpc) is 3.29. The number of carboxylic acid groups (broad SMARTS) is 1. The molecule has 2 aromatic rings. The molecule has 0 fully saturated rings. The number of para-hydroxylation sites is 1. The number of carboxylic acids is 1. The lowest BCUT2D eigenvalue weighted by Crippen LogP contribution is -2.58. The number of hydrogen-bond donors (Lipinski definition) is 8. The molecule has 2 rings (SSSR count). The van der Waals surface area contributed by atoms with Gasteiger partial charge in [-0.15, -0.1) is 0 Å². The van der Waals surface area contributed by atoms with E-state index in [9.17, 15) is 29.1 Å². The molecule has 1 heterocycles. The maximum Gasteiger partial charge on any atom is 0.326 e. The first-order valence-corrected chi connectivity index (χ1v) is 12.9. The summed E-state index contributed by atoms with van der Waals surface area (Å²) in [6, 6.07) is 2.58. The Balaban J connectivity index is 2.32. The number of rotatable bonds is 16. The third-order valence-electron chi connectivity index (χ3n) is 6.35. The van der Waals surface area contributed by atoms with Crippen LogP contribution in [0.4, 0.5) is 0 Å². The SMILES string of the molecule is CC(C)C(N)C(=O)NC(CC(N)=O)C(=O)NC(Cc1c[nH]c2ccccc12)C(=O)NC(CCCCN)C(=O)O. The van der Waals surface area contributed by atoms with Crippen LogP contribution >= 0.6 is 0 Å². The number of nitrogens with two attached hydrogens (primary N) is 3. The number of unbranched alkanes of at least 4 members (excludes halogenated alkanes) is 1. The van der Waals surface area contributed by atoms with Crippen LogP contribution in [-0.4, -0.2) is 70.4 Å². The molecule has 11 N–H and O–H groups in total. The van der Waals surface area contributed by atoms with Crippen molar-refractivity contribution >= 4 is 40.5 Å². The van der Waals surface area contributed by atoms with Crippen LogP contribution in [-0.2, 0) is 30.4 Å². The molecule has 13 nitrogen and oxygen atoms in total. The van der Waals surface area contributed by atoms with E-state index in [0.29, 0.717) is 24.9 Å². The molecule has 1 aromatic heterocycles. The van der Waals surface area contributed by atoms with Crippen molar-refractivity contribution in [3.05, 3.63) is 36.0 Å². The Hall–Kier alpha value is -3.97. The summed E-state index contributed by atoms with van der Waals surface area (Å²) in [5, 5.41) is 17.9. The number of carbonyl (C=O) groups excluding carboxylic acids is 4. The minimum Gasteiger partial charge on any atom is -0.480 e. The number of carbonyl (C=O) groups is 5. The molecule has 0 bridgehead atoms. The quantitative estimate of drug-likeness (QED) is 0.124. The van der Waals surface area contributed by atoms with E-state index in [1.165, 1.54) is 0 Å². The van der Waals surface area contributed by atoms with Crippen molar-refractivity contribution in [2.45, 2.75) is 70.1 Å². The fourth-order valence-corrected chi connectivity index (χ4v) is 4.01. The molecule has 1 aromatic carbocycles. The minimum atomic E-state index is -1.39. The highest BCUT2D eigenvalue weighted by molar-refractivity contribution is 5.96. The zero-order valence-electron chi connectivity index (χ0n) is 22.2. The number of fused-ring (bicyclic) bond motifs is 1. The Morgan fingerprint density at radius 3 is 2.15 bits per heavy atom. The van der Waals surface area contributed by atoms with Crippen molar-refractivity contribution in [2.75, 3.05) is 6.54 Å². The summed E-state index contributed by atoms with van der Waals surface area (Å²) in [5.74, 6) is -4.55. The molecule has 39 heavy (non-hydrogen) atoms. The van der Waals surface area contributed by atoms with E-state index < -0.39 is 60.2 Å². The highest BCUT2D eigenvalue weighted by atomic mass is 16.4. The lowest BCUT2D eigenvalue weighted by Gasteiger charge is -2.25. The smallest absolute Gasteiger partial charge is 0.326 e. The van der Waals surface area contributed by atoms with Gasteiger partial charge in [0.25, 0.3) is 0 Å². The van der Waals surface area contributed by atoms with Crippen molar-refractivity contribution in [1.29, 1.82) is 0 Å². The highest BCUT2D eigenvalue weighted by Gasteiger charge is 2.32. The number of amides is 4. The second kappa shape index (κ2) is 14.8. The molecule has 0 radical (unpaired) electrons. The van der Waals surface area contributed by atoms with Gasteiger partial charge in [-0.3, -0.25) is 19.2 Å². The summed E-state index contributed by atoms with van der Waals surface area (Å²) in [4.78, 5) is 65.7. The van der Waals surface area contributed by atoms with Gasteiger partial charge in [0.05, 0.1) is 12.5 Å². The number of aliphatic carboxylic acids is 1. The number of hydrogen-bond acceptors (Lipinski definition) is 7. The molecule has 0 aliphatic heterocycles. The second-order valence-electron chi connectivity index (χ2n) is 9.81. The predicted molar refractivity (Wildman–Crippen MR) is 145 cm³/mol. The largest absolute Gasteiger partial charge is 0.480 e. The van der Waals surface area contributed by atoms with E-state index in [1.54, 1.807) is 20.0 Å². The topological polar surface area (TPSA) is 236 Å². The van der Waals surface area contributed by atoms with Gasteiger partial charge < -0.3 is 43.2 Å². The van der Waals surface area contributed by atoms with E-state index >= 15 is 0 Å². The maximum absolute atomic E-state index is 13.3. The summed E-state index contributed by atoms with van der Waals surface area (Å²) < 4.78 is 0. The van der Waals surface area contributed by atoms with Gasteiger partial charge in [0.1, 0.15) is 18.1 Å². The van der Waals surface area contributed by atoms with E-state index in [-0.39, 0.29) is 18.8 Å². The van der Waals surface area contributed by atoms with Crippen molar-refractivity contribution in [1.82, 2.24) is 20.9 Å². The van der Waals surface area contributed by atoms with Crippen molar-refractivity contribution in [3.8, 4) is 0 Å². The van der Waals surface area contributed by atoms with Crippen LogP contribution in [0, 0.1) is 5.92 Å². The van der Waals surface area contributed by atoms with Crippen LogP contribution in [0.5, 0.6) is 0 Å². The summed E-state index contributed by atoms with van der Waals surface area (Å²) in [5.41, 5.74) is 18.2. The van der Waals surface area contributed by atoms with Gasteiger partial charge in [-0.25, -0.2) is 4.79 Å². The Morgan fingerprint density at radius 1 is 0.923 bits per heavy atom. The molecule has 0 saturated carbocycles. The van der Waals surface area contributed by atoms with Crippen molar-refractivity contribution in [3.63, 3.8) is 0 Å². The molecule has 0 saturated heterocycles. The molecule has 4 amide bonds. The minimum absolute atomic E-state index is 0.000524. The van der Waals surface area contributed by atoms with Gasteiger partial charge >= 0.3 is 5.97 Å². The number of benzene rings is 1. The van der Waals surface area contributed by atoms with Gasteiger partial charge in [0.2, 0.25) is 23.6 Å². The predicted octanol–water partition coefficient (Wildman–Crippen LogP) is -0.763. The monoisotopic (exact) mass is 545 g/mol. The van der Waals surface area contributed by atoms with Crippen molar-refractivity contribution < 1.29 is 29.1 Å². The first-order chi connectivity index (χ1) is 18.4. The Bertz CT molecular complexity index is 1160. The first kappa shape index (κ1) is 31.2. The standard InChI is InChI=1S/C26H39N7O6/c1-14(2)22(29)25(37)33-20(12-21(28)34)24(36)32-19(11-15-13-30-17-8-4-3-7-16(15)17)23(35)31-18(26(38)39)9-5-6-10-27/h3-4,7-8,13-14,18-20,22,30H,5-6,9-12,27,29H2,1-2H3,(H2,28,34)(H,31,35)(H,32,36)(H,33,37)(H,38,39). The Kier molecular flexibility index (Phi) is 11.9. The van der Waals surface area contributed by atoms with E-state index in [1.807, 2.05) is 24.3 Å². The van der Waals surface area contributed by atoms with E-state index in [4.69, 9.17) is 17.2 Å². The lowest BCUT2D eigenvalue weighted by molar-refractivity contribution is -0.142. The molecule has 0 aliphatic carbocycles. The maximum atomic E-state index is 13.3.